The van der Waals surface area contributed by atoms with Crippen molar-refractivity contribution < 1.29 is 15.0 Å². The SMILES string of the molecule is NC(CCC=O)C(O)O. The Morgan fingerprint density at radius 3 is 2.44 bits per heavy atom. The molecular weight excluding hydrogens is 122 g/mol. The lowest BCUT2D eigenvalue weighted by Gasteiger charge is -2.10. The lowest BCUT2D eigenvalue weighted by atomic mass is 10.2. The highest BCUT2D eigenvalue weighted by atomic mass is 16.5. The van der Waals surface area contributed by atoms with Crippen LogP contribution in [-0.4, -0.2) is 28.8 Å². The molecule has 0 bridgehead atoms. The number of hydrogen-bond donors (Lipinski definition) is 3. The molecule has 1 unspecified atom stereocenters. The van der Waals surface area contributed by atoms with Crippen LogP contribution in [0.25, 0.3) is 0 Å². The maximum atomic E-state index is 9.71. The second-order valence-corrected chi connectivity index (χ2v) is 1.82. The molecule has 0 aliphatic rings. The van der Waals surface area contributed by atoms with E-state index >= 15 is 0 Å². The second kappa shape index (κ2) is 4.43. The fourth-order valence-electron chi connectivity index (χ4n) is 0.410. The first kappa shape index (κ1) is 8.55. The lowest BCUT2D eigenvalue weighted by molar-refractivity contribution is -0.108. The van der Waals surface area contributed by atoms with E-state index in [0.29, 0.717) is 12.7 Å². The largest absolute Gasteiger partial charge is 0.367 e. The molecule has 0 aromatic carbocycles. The van der Waals surface area contributed by atoms with Gasteiger partial charge in [0.2, 0.25) is 0 Å². The summed E-state index contributed by atoms with van der Waals surface area (Å²) in [6, 6.07) is -0.699. The molecular formula is C5H11NO3. The van der Waals surface area contributed by atoms with Gasteiger partial charge in [-0.25, -0.2) is 0 Å². The Morgan fingerprint density at radius 1 is 1.56 bits per heavy atom. The summed E-state index contributed by atoms with van der Waals surface area (Å²) in [6.07, 6.45) is -0.215. The van der Waals surface area contributed by atoms with Gasteiger partial charge in [0.25, 0.3) is 0 Å². The molecule has 0 saturated carbocycles. The minimum absolute atomic E-state index is 0.277. The predicted molar refractivity (Wildman–Crippen MR) is 31.5 cm³/mol. The van der Waals surface area contributed by atoms with Crippen molar-refractivity contribution in [3.63, 3.8) is 0 Å². The number of nitrogens with two attached hydrogens (primary N) is 1. The lowest BCUT2D eigenvalue weighted by Crippen LogP contribution is -2.34. The standard InChI is InChI=1S/C5H11NO3/c6-4(5(8)9)2-1-3-7/h3-5,8-9H,1-2,6H2. The summed E-state index contributed by atoms with van der Waals surface area (Å²) >= 11 is 0. The molecule has 4 N–H and O–H groups in total. The molecule has 54 valence electrons. The van der Waals surface area contributed by atoms with Gasteiger partial charge in [-0.2, -0.15) is 0 Å². The van der Waals surface area contributed by atoms with Crippen molar-refractivity contribution in [1.29, 1.82) is 0 Å². The van der Waals surface area contributed by atoms with Gasteiger partial charge in [-0.05, 0) is 6.42 Å². The Kier molecular flexibility index (Phi) is 4.21. The third-order valence-electron chi connectivity index (χ3n) is 1.00. The average molecular weight is 133 g/mol. The average Bonchev–Trinajstić information content (AvgIpc) is 1.82. The Labute approximate surface area is 53.3 Å². The fourth-order valence-corrected chi connectivity index (χ4v) is 0.410. The molecule has 1 atom stereocenters. The Hall–Kier alpha value is -0.450. The van der Waals surface area contributed by atoms with Crippen molar-refractivity contribution in [2.45, 2.75) is 25.2 Å². The number of aldehydes is 1. The van der Waals surface area contributed by atoms with Crippen molar-refractivity contribution in [2.24, 2.45) is 5.73 Å². The number of aliphatic hydroxyl groups excluding tert-OH is 1. The van der Waals surface area contributed by atoms with E-state index < -0.39 is 12.3 Å². The van der Waals surface area contributed by atoms with Crippen LogP contribution in [-0.2, 0) is 4.79 Å². The normalized spacial score (nSPS) is 13.8. The van der Waals surface area contributed by atoms with E-state index in [-0.39, 0.29) is 6.42 Å². The Balaban J connectivity index is 3.26. The summed E-state index contributed by atoms with van der Waals surface area (Å²) in [5.41, 5.74) is 5.14. The summed E-state index contributed by atoms with van der Waals surface area (Å²) in [5.74, 6) is 0. The third kappa shape index (κ3) is 4.08. The van der Waals surface area contributed by atoms with Crippen LogP contribution in [0.15, 0.2) is 0 Å². The maximum Gasteiger partial charge on any atom is 0.166 e. The van der Waals surface area contributed by atoms with Crippen molar-refractivity contribution >= 4 is 6.29 Å². The van der Waals surface area contributed by atoms with Gasteiger partial charge in [-0.1, -0.05) is 0 Å². The maximum absolute atomic E-state index is 9.71. The quantitative estimate of drug-likeness (QED) is 0.325. The summed E-state index contributed by atoms with van der Waals surface area (Å²) < 4.78 is 0. The monoisotopic (exact) mass is 133 g/mol. The van der Waals surface area contributed by atoms with E-state index in [9.17, 15) is 4.79 Å². The van der Waals surface area contributed by atoms with Crippen molar-refractivity contribution in [1.82, 2.24) is 0 Å². The molecule has 9 heavy (non-hydrogen) atoms. The zero-order chi connectivity index (χ0) is 7.28. The zero-order valence-corrected chi connectivity index (χ0v) is 5.03. The number of aliphatic hydroxyl groups is 2. The summed E-state index contributed by atoms with van der Waals surface area (Å²) in [7, 11) is 0. The molecule has 4 heteroatoms. The van der Waals surface area contributed by atoms with Crippen molar-refractivity contribution in [3.8, 4) is 0 Å². The first-order chi connectivity index (χ1) is 4.18. The summed E-state index contributed by atoms with van der Waals surface area (Å²) in [5, 5.41) is 16.7. The molecule has 0 fully saturated rings. The predicted octanol–water partition coefficient (Wildman–Crippen LogP) is -1.40. The van der Waals surface area contributed by atoms with E-state index in [1.165, 1.54) is 0 Å². The van der Waals surface area contributed by atoms with E-state index in [1.807, 2.05) is 0 Å². The first-order valence-electron chi connectivity index (χ1n) is 2.74. The van der Waals surface area contributed by atoms with Crippen LogP contribution >= 0.6 is 0 Å². The van der Waals surface area contributed by atoms with E-state index in [1.54, 1.807) is 0 Å². The molecule has 0 rings (SSSR count). The number of carbonyl (C=O) groups is 1. The minimum Gasteiger partial charge on any atom is -0.367 e. The van der Waals surface area contributed by atoms with Crippen LogP contribution < -0.4 is 5.73 Å². The van der Waals surface area contributed by atoms with Gasteiger partial charge in [-0.3, -0.25) is 0 Å². The van der Waals surface area contributed by atoms with Gasteiger partial charge < -0.3 is 20.7 Å². The Morgan fingerprint density at radius 2 is 2.11 bits per heavy atom. The molecule has 0 saturated heterocycles. The second-order valence-electron chi connectivity index (χ2n) is 1.82. The van der Waals surface area contributed by atoms with Crippen molar-refractivity contribution in [3.05, 3.63) is 0 Å². The van der Waals surface area contributed by atoms with Crippen LogP contribution in [0, 0.1) is 0 Å². The van der Waals surface area contributed by atoms with Crippen LogP contribution in [0.1, 0.15) is 12.8 Å². The molecule has 0 aliphatic carbocycles. The van der Waals surface area contributed by atoms with Crippen molar-refractivity contribution in [2.75, 3.05) is 0 Å². The minimum atomic E-state index is -1.51. The van der Waals surface area contributed by atoms with E-state index in [0.717, 1.165) is 0 Å². The molecule has 0 aromatic rings. The topological polar surface area (TPSA) is 83.6 Å². The summed E-state index contributed by atoms with van der Waals surface area (Å²) in [6.45, 7) is 0. The first-order valence-corrected chi connectivity index (χ1v) is 2.74. The molecule has 0 radical (unpaired) electrons. The molecule has 0 heterocycles. The van der Waals surface area contributed by atoms with E-state index in [2.05, 4.69) is 0 Å². The van der Waals surface area contributed by atoms with Gasteiger partial charge in [0.15, 0.2) is 6.29 Å². The van der Waals surface area contributed by atoms with E-state index in [4.69, 9.17) is 15.9 Å². The van der Waals surface area contributed by atoms with Gasteiger partial charge in [0.05, 0.1) is 6.04 Å². The zero-order valence-electron chi connectivity index (χ0n) is 5.03. The highest BCUT2D eigenvalue weighted by Gasteiger charge is 2.08. The van der Waals surface area contributed by atoms with Crippen LogP contribution in [0.2, 0.25) is 0 Å². The smallest absolute Gasteiger partial charge is 0.166 e. The van der Waals surface area contributed by atoms with Gasteiger partial charge in [0.1, 0.15) is 6.29 Å². The number of hydrogen-bond acceptors (Lipinski definition) is 4. The molecule has 4 nitrogen and oxygen atoms in total. The Bertz CT molecular complexity index is 84.3. The van der Waals surface area contributed by atoms with Gasteiger partial charge in [0, 0.05) is 6.42 Å². The third-order valence-corrected chi connectivity index (χ3v) is 1.00. The van der Waals surface area contributed by atoms with Crippen LogP contribution in [0.5, 0.6) is 0 Å². The highest BCUT2D eigenvalue weighted by molar-refractivity contribution is 5.49. The van der Waals surface area contributed by atoms with Crippen LogP contribution in [0.3, 0.4) is 0 Å². The fraction of sp³-hybridized carbons (Fsp3) is 0.800. The number of carbonyl (C=O) groups excluding carboxylic acids is 1. The number of rotatable bonds is 4. The summed E-state index contributed by atoms with van der Waals surface area (Å²) in [4.78, 5) is 9.71. The highest BCUT2D eigenvalue weighted by Crippen LogP contribution is 1.94. The molecule has 0 aromatic heterocycles. The van der Waals surface area contributed by atoms with Gasteiger partial charge >= 0.3 is 0 Å². The molecule has 0 aliphatic heterocycles. The molecule has 0 spiro atoms. The van der Waals surface area contributed by atoms with Gasteiger partial charge in [-0.15, -0.1) is 0 Å². The van der Waals surface area contributed by atoms with Crippen LogP contribution in [0.4, 0.5) is 0 Å². The molecule has 0 amide bonds.